The summed E-state index contributed by atoms with van der Waals surface area (Å²) in [4.78, 5) is 16.4. The highest BCUT2D eigenvalue weighted by molar-refractivity contribution is 7.09. The van der Waals surface area contributed by atoms with Crippen LogP contribution < -0.4 is 5.32 Å². The fourth-order valence-electron chi connectivity index (χ4n) is 3.44. The number of aromatic nitrogens is 1. The molecule has 8 heteroatoms. The van der Waals surface area contributed by atoms with Crippen molar-refractivity contribution >= 4 is 17.3 Å². The molecule has 0 spiro atoms. The van der Waals surface area contributed by atoms with Gasteiger partial charge in [0, 0.05) is 65.9 Å². The van der Waals surface area contributed by atoms with Gasteiger partial charge in [-0.25, -0.2) is 4.98 Å². The molecule has 2 heterocycles. The molecule has 0 bridgehead atoms. The van der Waals surface area contributed by atoms with Crippen molar-refractivity contribution in [3.63, 3.8) is 0 Å². The van der Waals surface area contributed by atoms with Gasteiger partial charge in [0.25, 0.3) is 0 Å². The lowest BCUT2D eigenvalue weighted by atomic mass is 10.1. The normalized spacial score (nSPS) is 18.9. The molecule has 0 radical (unpaired) electrons. The monoisotopic (exact) mass is 410 g/mol. The topological polar surface area (TPSA) is 56.2 Å². The average Bonchev–Trinajstić information content (AvgIpc) is 3.16. The number of likely N-dealkylation sites (N-methyl/N-ethyl adjacent to an activating group) is 1. The van der Waals surface area contributed by atoms with E-state index in [9.17, 15) is 0 Å². The molecule has 0 aliphatic carbocycles. The number of hydrogen-bond donors (Lipinski definition) is 1. The number of guanidine groups is 1. The van der Waals surface area contributed by atoms with Crippen molar-refractivity contribution in [1.29, 1.82) is 0 Å². The molecule has 28 heavy (non-hydrogen) atoms. The molecular formula is C20H38N6OS. The molecule has 1 aliphatic heterocycles. The van der Waals surface area contributed by atoms with Gasteiger partial charge in [-0.2, -0.15) is 0 Å². The zero-order valence-corrected chi connectivity index (χ0v) is 19.3. The van der Waals surface area contributed by atoms with Crippen LogP contribution in [0.15, 0.2) is 10.4 Å². The Hall–Kier alpha value is -1.22. The van der Waals surface area contributed by atoms with E-state index in [0.717, 1.165) is 36.3 Å². The molecular weight excluding hydrogens is 372 g/mol. The third-order valence-corrected chi connectivity index (χ3v) is 6.39. The minimum atomic E-state index is 0.0431. The zero-order valence-electron chi connectivity index (χ0n) is 18.4. The quantitative estimate of drug-likeness (QED) is 0.497. The largest absolute Gasteiger partial charge is 0.375 e. The maximum atomic E-state index is 5.35. The van der Waals surface area contributed by atoms with Crippen LogP contribution in [-0.2, 0) is 11.3 Å². The van der Waals surface area contributed by atoms with Crippen molar-refractivity contribution in [2.75, 3.05) is 67.0 Å². The molecule has 1 aliphatic rings. The van der Waals surface area contributed by atoms with Gasteiger partial charge >= 0.3 is 0 Å². The average molecular weight is 411 g/mol. The first-order valence-electron chi connectivity index (χ1n) is 10.3. The van der Waals surface area contributed by atoms with Crippen LogP contribution in [0.3, 0.4) is 0 Å². The highest BCUT2D eigenvalue weighted by Gasteiger charge is 2.18. The summed E-state index contributed by atoms with van der Waals surface area (Å²) in [5.74, 6) is 1.49. The third-order valence-electron chi connectivity index (χ3n) is 5.33. The lowest BCUT2D eigenvalue weighted by molar-refractivity contribution is 0.119. The molecule has 1 saturated heterocycles. The fraction of sp³-hybridized carbons (Fsp3) is 0.800. The van der Waals surface area contributed by atoms with Gasteiger partial charge in [-0.15, -0.1) is 11.3 Å². The van der Waals surface area contributed by atoms with Gasteiger partial charge in [0.15, 0.2) is 5.96 Å². The molecule has 0 saturated carbocycles. The molecule has 7 nitrogen and oxygen atoms in total. The molecule has 1 aromatic rings. The number of ether oxygens (including phenoxy) is 1. The summed E-state index contributed by atoms with van der Waals surface area (Å²) in [7, 11) is 5.62. The van der Waals surface area contributed by atoms with Crippen molar-refractivity contribution in [1.82, 2.24) is 25.0 Å². The number of nitrogens with one attached hydrogen (secondary N) is 1. The lowest BCUT2D eigenvalue weighted by Gasteiger charge is -2.35. The van der Waals surface area contributed by atoms with Gasteiger partial charge in [-0.1, -0.05) is 13.8 Å². The second-order valence-electron chi connectivity index (χ2n) is 7.68. The highest BCUT2D eigenvalue weighted by atomic mass is 32.1. The van der Waals surface area contributed by atoms with Crippen molar-refractivity contribution in [3.8, 4) is 0 Å². The maximum absolute atomic E-state index is 5.35. The molecule has 2 unspecified atom stereocenters. The molecule has 1 fully saturated rings. The van der Waals surface area contributed by atoms with Crippen molar-refractivity contribution in [2.45, 2.75) is 33.4 Å². The van der Waals surface area contributed by atoms with E-state index in [-0.39, 0.29) is 6.10 Å². The summed E-state index contributed by atoms with van der Waals surface area (Å²) in [6, 6.07) is 0. The standard InChI is InChI=1S/C20H38N6OS/c1-7-25-8-10-26(11-9-25)13-16(2)12-22-20(21-4)24(5)14-18-15-28-19(23-18)17(3)27-6/h15-17H,7-14H2,1-6H3,(H,21,22). The Morgan fingerprint density at radius 2 is 2.00 bits per heavy atom. The SMILES string of the molecule is CCN1CCN(CC(C)CNC(=NC)N(C)Cc2csc(C(C)OC)n2)CC1. The number of aliphatic imine (C=N–C) groups is 1. The second kappa shape index (κ2) is 11.7. The molecule has 1 N–H and O–H groups in total. The second-order valence-corrected chi connectivity index (χ2v) is 8.57. The minimum Gasteiger partial charge on any atom is -0.375 e. The van der Waals surface area contributed by atoms with Crippen LogP contribution in [0.2, 0.25) is 0 Å². The van der Waals surface area contributed by atoms with Crippen molar-refractivity contribution < 1.29 is 4.74 Å². The summed E-state index contributed by atoms with van der Waals surface area (Å²) in [6.07, 6.45) is 0.0431. The van der Waals surface area contributed by atoms with E-state index >= 15 is 0 Å². The van der Waals surface area contributed by atoms with Gasteiger partial charge in [0.2, 0.25) is 0 Å². The lowest BCUT2D eigenvalue weighted by Crippen LogP contribution is -2.48. The van der Waals surface area contributed by atoms with Crippen molar-refractivity contribution in [2.24, 2.45) is 10.9 Å². The molecule has 0 amide bonds. The number of piperazine rings is 1. The maximum Gasteiger partial charge on any atom is 0.193 e. The molecule has 0 aromatic carbocycles. The first kappa shape index (κ1) is 23.1. The Labute approximate surface area is 174 Å². The van der Waals surface area contributed by atoms with Crippen molar-refractivity contribution in [3.05, 3.63) is 16.1 Å². The van der Waals surface area contributed by atoms with Gasteiger partial charge in [-0.3, -0.25) is 4.99 Å². The Morgan fingerprint density at radius 3 is 2.61 bits per heavy atom. The smallest absolute Gasteiger partial charge is 0.193 e. The van der Waals surface area contributed by atoms with E-state index in [1.807, 2.05) is 14.0 Å². The zero-order chi connectivity index (χ0) is 20.5. The van der Waals surface area contributed by atoms with E-state index in [1.54, 1.807) is 18.4 Å². The van der Waals surface area contributed by atoms with Crippen LogP contribution in [0, 0.1) is 5.92 Å². The van der Waals surface area contributed by atoms with Crippen LogP contribution >= 0.6 is 11.3 Å². The molecule has 2 atom stereocenters. The van der Waals surface area contributed by atoms with Crippen LogP contribution in [0.4, 0.5) is 0 Å². The van der Waals surface area contributed by atoms with Gasteiger partial charge in [0.05, 0.1) is 12.2 Å². The molecule has 1 aromatic heterocycles. The third kappa shape index (κ3) is 6.99. The summed E-state index contributed by atoms with van der Waals surface area (Å²) in [6.45, 7) is 15.3. The van der Waals surface area contributed by atoms with Crippen LogP contribution in [0.25, 0.3) is 0 Å². The Bertz CT molecular complexity index is 599. The Balaban J connectivity index is 1.76. The Morgan fingerprint density at radius 1 is 1.32 bits per heavy atom. The number of hydrogen-bond acceptors (Lipinski definition) is 6. The van der Waals surface area contributed by atoms with Gasteiger partial charge < -0.3 is 24.8 Å². The van der Waals surface area contributed by atoms with E-state index in [2.05, 4.69) is 56.3 Å². The predicted octanol–water partition coefficient (Wildman–Crippen LogP) is 2.13. The summed E-state index contributed by atoms with van der Waals surface area (Å²) >= 11 is 1.65. The molecule has 160 valence electrons. The number of methoxy groups -OCH3 is 1. The summed E-state index contributed by atoms with van der Waals surface area (Å²) < 4.78 is 5.35. The summed E-state index contributed by atoms with van der Waals surface area (Å²) in [5.41, 5.74) is 1.05. The highest BCUT2D eigenvalue weighted by Crippen LogP contribution is 2.20. The fourth-order valence-corrected chi connectivity index (χ4v) is 4.29. The minimum absolute atomic E-state index is 0.0431. The first-order chi connectivity index (χ1) is 13.5. The van der Waals surface area contributed by atoms with Crippen LogP contribution in [0.1, 0.15) is 37.6 Å². The first-order valence-corrected chi connectivity index (χ1v) is 11.2. The van der Waals surface area contributed by atoms with E-state index in [0.29, 0.717) is 5.92 Å². The van der Waals surface area contributed by atoms with Gasteiger partial charge in [-0.05, 0) is 19.4 Å². The summed E-state index contributed by atoms with van der Waals surface area (Å²) in [5, 5.41) is 6.65. The Kier molecular flexibility index (Phi) is 9.64. The van der Waals surface area contributed by atoms with Crippen LogP contribution in [-0.4, -0.2) is 92.7 Å². The number of thiazole rings is 1. The van der Waals surface area contributed by atoms with E-state index in [1.165, 1.54) is 32.7 Å². The van der Waals surface area contributed by atoms with Gasteiger partial charge in [0.1, 0.15) is 11.1 Å². The number of nitrogens with zero attached hydrogens (tertiary/aromatic N) is 5. The van der Waals surface area contributed by atoms with E-state index < -0.39 is 0 Å². The molecule has 2 rings (SSSR count). The number of rotatable bonds is 9. The van der Waals surface area contributed by atoms with E-state index in [4.69, 9.17) is 4.74 Å². The van der Waals surface area contributed by atoms with Crippen LogP contribution in [0.5, 0.6) is 0 Å². The predicted molar refractivity (Wildman–Crippen MR) is 118 cm³/mol.